The van der Waals surface area contributed by atoms with Crippen LogP contribution in [0.2, 0.25) is 0 Å². The topological polar surface area (TPSA) is 38.7 Å². The van der Waals surface area contributed by atoms with E-state index in [1.807, 2.05) is 6.07 Å². The zero-order valence-corrected chi connectivity index (χ0v) is 8.58. The molecule has 3 rings (SSSR count). The van der Waals surface area contributed by atoms with E-state index in [1.54, 1.807) is 0 Å². The first-order valence-electron chi connectivity index (χ1n) is 5.49. The van der Waals surface area contributed by atoms with E-state index in [0.717, 1.165) is 49.2 Å². The van der Waals surface area contributed by atoms with Gasteiger partial charge in [-0.2, -0.15) is 0 Å². The molecule has 0 atom stereocenters. The minimum atomic E-state index is 0.307. The Hall–Kier alpha value is -1.38. The highest BCUT2D eigenvalue weighted by Crippen LogP contribution is 2.43. The molecule has 0 aromatic heterocycles. The van der Waals surface area contributed by atoms with Gasteiger partial charge in [-0.05, 0) is 31.7 Å². The van der Waals surface area contributed by atoms with E-state index in [4.69, 9.17) is 9.47 Å². The molecule has 2 aliphatic heterocycles. The van der Waals surface area contributed by atoms with Crippen molar-refractivity contribution in [3.05, 3.63) is 17.2 Å². The highest BCUT2D eigenvalue weighted by molar-refractivity contribution is 5.58. The Kier molecular flexibility index (Phi) is 1.97. The zero-order chi connectivity index (χ0) is 10.3. The fourth-order valence-corrected chi connectivity index (χ4v) is 2.30. The Morgan fingerprint density at radius 3 is 2.80 bits per heavy atom. The van der Waals surface area contributed by atoms with Gasteiger partial charge in [-0.1, -0.05) is 0 Å². The van der Waals surface area contributed by atoms with Crippen LogP contribution in [0.25, 0.3) is 0 Å². The molecule has 15 heavy (non-hydrogen) atoms. The molecule has 0 fully saturated rings. The highest BCUT2D eigenvalue weighted by Gasteiger charge is 2.23. The number of aryl methyl sites for hydroxylation is 1. The average Bonchev–Trinajstić information content (AvgIpc) is 2.30. The van der Waals surface area contributed by atoms with Gasteiger partial charge in [-0.3, -0.25) is 0 Å². The third kappa shape index (κ3) is 1.34. The molecule has 3 heteroatoms. The summed E-state index contributed by atoms with van der Waals surface area (Å²) in [4.78, 5) is 0. The molecule has 0 saturated heterocycles. The smallest absolute Gasteiger partial charge is 0.164 e. The number of ether oxygens (including phenoxy) is 2. The van der Waals surface area contributed by atoms with Gasteiger partial charge in [0.15, 0.2) is 11.5 Å². The number of hydrogen-bond donors (Lipinski definition) is 1. The van der Waals surface area contributed by atoms with Crippen LogP contribution >= 0.6 is 0 Å². The predicted octanol–water partition coefficient (Wildman–Crippen LogP) is 2.04. The standard InChI is InChI=1S/C12H14O3/c13-11-9-4-2-5-14-10(9)7-8-3-1-6-15-12(8)11/h7,13H,1-6H2. The first-order valence-corrected chi connectivity index (χ1v) is 5.49. The van der Waals surface area contributed by atoms with E-state index in [9.17, 15) is 5.11 Å². The summed E-state index contributed by atoms with van der Waals surface area (Å²) in [5.74, 6) is 1.84. The molecule has 3 nitrogen and oxygen atoms in total. The van der Waals surface area contributed by atoms with Crippen molar-refractivity contribution in [3.8, 4) is 17.2 Å². The van der Waals surface area contributed by atoms with Gasteiger partial charge in [0.2, 0.25) is 0 Å². The van der Waals surface area contributed by atoms with Gasteiger partial charge in [-0.15, -0.1) is 0 Å². The summed E-state index contributed by atoms with van der Waals surface area (Å²) < 4.78 is 11.1. The van der Waals surface area contributed by atoms with E-state index >= 15 is 0 Å². The maximum atomic E-state index is 10.1. The third-order valence-electron chi connectivity index (χ3n) is 3.06. The van der Waals surface area contributed by atoms with Crippen LogP contribution in [-0.4, -0.2) is 18.3 Å². The number of aromatic hydroxyl groups is 1. The van der Waals surface area contributed by atoms with Crippen molar-refractivity contribution in [1.82, 2.24) is 0 Å². The van der Waals surface area contributed by atoms with Crippen LogP contribution < -0.4 is 9.47 Å². The Labute approximate surface area is 88.6 Å². The maximum absolute atomic E-state index is 10.1. The molecule has 2 aliphatic rings. The third-order valence-corrected chi connectivity index (χ3v) is 3.06. The first kappa shape index (κ1) is 8.89. The van der Waals surface area contributed by atoms with Crippen molar-refractivity contribution < 1.29 is 14.6 Å². The van der Waals surface area contributed by atoms with Gasteiger partial charge >= 0.3 is 0 Å². The summed E-state index contributed by atoms with van der Waals surface area (Å²) in [6.45, 7) is 1.46. The minimum Gasteiger partial charge on any atom is -0.504 e. The summed E-state index contributed by atoms with van der Waals surface area (Å²) >= 11 is 0. The van der Waals surface area contributed by atoms with Crippen LogP contribution in [0.5, 0.6) is 17.2 Å². The van der Waals surface area contributed by atoms with E-state index in [1.165, 1.54) is 0 Å². The summed E-state index contributed by atoms with van der Waals surface area (Å²) in [5, 5.41) is 10.1. The number of fused-ring (bicyclic) bond motifs is 2. The summed E-state index contributed by atoms with van der Waals surface area (Å²) in [7, 11) is 0. The molecule has 0 unspecified atom stereocenters. The van der Waals surface area contributed by atoms with Crippen molar-refractivity contribution in [2.45, 2.75) is 25.7 Å². The van der Waals surface area contributed by atoms with Crippen LogP contribution in [0.3, 0.4) is 0 Å². The van der Waals surface area contributed by atoms with Gasteiger partial charge in [-0.25, -0.2) is 0 Å². The molecule has 0 saturated carbocycles. The summed E-state index contributed by atoms with van der Waals surface area (Å²) in [6.07, 6.45) is 3.85. The second kappa shape index (κ2) is 3.33. The van der Waals surface area contributed by atoms with Crippen LogP contribution in [-0.2, 0) is 12.8 Å². The van der Waals surface area contributed by atoms with Crippen LogP contribution in [0.1, 0.15) is 24.0 Å². The monoisotopic (exact) mass is 206 g/mol. The second-order valence-corrected chi connectivity index (χ2v) is 4.09. The largest absolute Gasteiger partial charge is 0.504 e. The van der Waals surface area contributed by atoms with Gasteiger partial charge in [0.05, 0.1) is 13.2 Å². The SMILES string of the molecule is Oc1c2c(cc3c1OCCC3)OCCC2. The molecule has 2 heterocycles. The van der Waals surface area contributed by atoms with Crippen molar-refractivity contribution in [3.63, 3.8) is 0 Å². The Balaban J connectivity index is 2.16. The second-order valence-electron chi connectivity index (χ2n) is 4.09. The van der Waals surface area contributed by atoms with Crippen molar-refractivity contribution >= 4 is 0 Å². The van der Waals surface area contributed by atoms with Gasteiger partial charge in [0.25, 0.3) is 0 Å². The zero-order valence-electron chi connectivity index (χ0n) is 8.58. The lowest BCUT2D eigenvalue weighted by molar-refractivity contribution is 0.256. The molecule has 1 aromatic rings. The van der Waals surface area contributed by atoms with Crippen molar-refractivity contribution in [1.29, 1.82) is 0 Å². The molecule has 1 aromatic carbocycles. The fourth-order valence-electron chi connectivity index (χ4n) is 2.30. The molecule has 0 amide bonds. The lowest BCUT2D eigenvalue weighted by atomic mass is 9.98. The Bertz CT molecular complexity index is 364. The molecule has 0 radical (unpaired) electrons. The quantitative estimate of drug-likeness (QED) is 0.706. The first-order chi connectivity index (χ1) is 7.36. The number of phenolic OH excluding ortho intramolecular Hbond substituents is 1. The number of rotatable bonds is 0. The Morgan fingerprint density at radius 2 is 1.87 bits per heavy atom. The maximum Gasteiger partial charge on any atom is 0.164 e. The molecular formula is C12H14O3. The van der Waals surface area contributed by atoms with Gasteiger partial charge in [0.1, 0.15) is 5.75 Å². The number of phenols is 1. The van der Waals surface area contributed by atoms with E-state index in [-0.39, 0.29) is 0 Å². The number of benzene rings is 1. The average molecular weight is 206 g/mol. The Morgan fingerprint density at radius 1 is 1.07 bits per heavy atom. The molecule has 0 spiro atoms. The van der Waals surface area contributed by atoms with Crippen molar-refractivity contribution in [2.75, 3.05) is 13.2 Å². The molecule has 0 bridgehead atoms. The molecular weight excluding hydrogens is 192 g/mol. The minimum absolute atomic E-state index is 0.307. The lowest BCUT2D eigenvalue weighted by Gasteiger charge is -2.24. The highest BCUT2D eigenvalue weighted by atomic mass is 16.5. The van der Waals surface area contributed by atoms with E-state index in [0.29, 0.717) is 18.1 Å². The van der Waals surface area contributed by atoms with E-state index in [2.05, 4.69) is 0 Å². The molecule has 0 aliphatic carbocycles. The van der Waals surface area contributed by atoms with Gasteiger partial charge in [0, 0.05) is 11.1 Å². The fraction of sp³-hybridized carbons (Fsp3) is 0.500. The lowest BCUT2D eigenvalue weighted by Crippen LogP contribution is -2.13. The van der Waals surface area contributed by atoms with Crippen LogP contribution in [0.15, 0.2) is 6.07 Å². The molecule has 80 valence electrons. The predicted molar refractivity (Wildman–Crippen MR) is 55.7 cm³/mol. The molecule has 1 N–H and O–H groups in total. The van der Waals surface area contributed by atoms with Crippen molar-refractivity contribution in [2.24, 2.45) is 0 Å². The summed E-state index contributed by atoms with van der Waals surface area (Å²) in [6, 6.07) is 2.03. The van der Waals surface area contributed by atoms with Gasteiger partial charge < -0.3 is 14.6 Å². The van der Waals surface area contributed by atoms with Crippen LogP contribution in [0, 0.1) is 0 Å². The normalized spacial score (nSPS) is 18.4. The summed E-state index contributed by atoms with van der Waals surface area (Å²) in [5.41, 5.74) is 2.00. The van der Waals surface area contributed by atoms with Crippen LogP contribution in [0.4, 0.5) is 0 Å². The number of hydrogen-bond acceptors (Lipinski definition) is 3. The van der Waals surface area contributed by atoms with E-state index < -0.39 is 0 Å².